The number of aromatic nitrogens is 2. The number of aryl methyl sites for hydroxylation is 1. The molecule has 1 aromatic carbocycles. The lowest BCUT2D eigenvalue weighted by molar-refractivity contribution is 0.849. The van der Waals surface area contributed by atoms with Crippen molar-refractivity contribution >= 4 is 5.69 Å². The lowest BCUT2D eigenvalue weighted by atomic mass is 10.2. The molecule has 0 saturated carbocycles. The normalized spacial score (nSPS) is 10.4. The van der Waals surface area contributed by atoms with E-state index in [2.05, 4.69) is 5.10 Å². The Morgan fingerprint density at radius 3 is 2.43 bits per heavy atom. The molecular weight excluding hydrogens is 178 g/mol. The number of hydrogen-bond donors (Lipinski definition) is 2. The lowest BCUT2D eigenvalue weighted by Gasteiger charge is -2.00. The second-order valence-corrected chi connectivity index (χ2v) is 3.20. The number of nitrogens with one attached hydrogen (secondary N) is 1. The summed E-state index contributed by atoms with van der Waals surface area (Å²) in [5.74, 6) is 0. The molecule has 0 saturated heterocycles. The fourth-order valence-corrected chi connectivity index (χ4v) is 1.27. The number of rotatable bonds is 1. The van der Waals surface area contributed by atoms with E-state index in [-0.39, 0.29) is 11.2 Å². The summed E-state index contributed by atoms with van der Waals surface area (Å²) in [6.45, 7) is 2.00. The van der Waals surface area contributed by atoms with Crippen LogP contribution in [0.4, 0.5) is 5.69 Å². The largest absolute Gasteiger partial charge is 0.393 e. The molecule has 4 nitrogen and oxygen atoms in total. The summed E-state index contributed by atoms with van der Waals surface area (Å²) in [6.07, 6.45) is 1.49. The summed E-state index contributed by atoms with van der Waals surface area (Å²) in [7, 11) is 0. The number of H-pyrrole nitrogens is 1. The molecule has 0 aliphatic rings. The fourth-order valence-electron chi connectivity index (χ4n) is 1.27. The van der Waals surface area contributed by atoms with E-state index in [1.807, 2.05) is 31.2 Å². The van der Waals surface area contributed by atoms with Crippen LogP contribution in [0.3, 0.4) is 0 Å². The van der Waals surface area contributed by atoms with Gasteiger partial charge in [0.2, 0.25) is 0 Å². The van der Waals surface area contributed by atoms with Gasteiger partial charge in [-0.05, 0) is 19.1 Å². The second-order valence-electron chi connectivity index (χ2n) is 3.20. The maximum absolute atomic E-state index is 11.5. The molecule has 0 atom stereocenters. The average molecular weight is 189 g/mol. The zero-order chi connectivity index (χ0) is 10.1. The Morgan fingerprint density at radius 1 is 1.29 bits per heavy atom. The molecule has 1 heterocycles. The van der Waals surface area contributed by atoms with Crippen LogP contribution in [0.2, 0.25) is 0 Å². The quantitative estimate of drug-likeness (QED) is 0.704. The van der Waals surface area contributed by atoms with Crippen LogP contribution in [0.25, 0.3) is 5.69 Å². The third-order valence-electron chi connectivity index (χ3n) is 2.09. The van der Waals surface area contributed by atoms with Crippen LogP contribution in [-0.2, 0) is 0 Å². The summed E-state index contributed by atoms with van der Waals surface area (Å²) in [6, 6.07) is 7.62. The Morgan fingerprint density at radius 2 is 1.93 bits per heavy atom. The Bertz CT molecular complexity index is 493. The van der Waals surface area contributed by atoms with Crippen LogP contribution >= 0.6 is 0 Å². The summed E-state index contributed by atoms with van der Waals surface area (Å²) in [5.41, 5.74) is 7.40. The Balaban J connectivity index is 2.55. The highest BCUT2D eigenvalue weighted by Gasteiger charge is 2.03. The maximum atomic E-state index is 11.5. The smallest absolute Gasteiger partial charge is 0.294 e. The Labute approximate surface area is 81.0 Å². The molecule has 14 heavy (non-hydrogen) atoms. The van der Waals surface area contributed by atoms with E-state index in [1.165, 1.54) is 10.9 Å². The molecule has 72 valence electrons. The van der Waals surface area contributed by atoms with E-state index in [0.717, 1.165) is 11.3 Å². The highest BCUT2D eigenvalue weighted by Crippen LogP contribution is 2.06. The van der Waals surface area contributed by atoms with Crippen molar-refractivity contribution in [2.24, 2.45) is 0 Å². The molecule has 0 unspecified atom stereocenters. The van der Waals surface area contributed by atoms with Gasteiger partial charge in [-0.15, -0.1) is 0 Å². The number of aromatic amines is 1. The van der Waals surface area contributed by atoms with Crippen molar-refractivity contribution < 1.29 is 0 Å². The molecular formula is C10H11N3O. The molecule has 0 spiro atoms. The number of nitrogens with zero attached hydrogens (tertiary/aromatic N) is 1. The van der Waals surface area contributed by atoms with Gasteiger partial charge in [0.1, 0.15) is 5.69 Å². The summed E-state index contributed by atoms with van der Waals surface area (Å²) < 4.78 is 1.41. The molecule has 0 bridgehead atoms. The van der Waals surface area contributed by atoms with Gasteiger partial charge < -0.3 is 5.73 Å². The topological polar surface area (TPSA) is 63.8 Å². The molecule has 2 rings (SSSR count). The highest BCUT2D eigenvalue weighted by atomic mass is 16.1. The first-order valence-electron chi connectivity index (χ1n) is 4.31. The monoisotopic (exact) mass is 189 g/mol. The van der Waals surface area contributed by atoms with Crippen LogP contribution in [-0.4, -0.2) is 9.78 Å². The van der Waals surface area contributed by atoms with E-state index >= 15 is 0 Å². The van der Waals surface area contributed by atoms with Crippen LogP contribution in [0.15, 0.2) is 35.3 Å². The average Bonchev–Trinajstić information content (AvgIpc) is 2.50. The molecule has 0 amide bonds. The van der Waals surface area contributed by atoms with Gasteiger partial charge in [-0.1, -0.05) is 17.7 Å². The van der Waals surface area contributed by atoms with E-state index in [0.29, 0.717) is 0 Å². The van der Waals surface area contributed by atoms with Crippen molar-refractivity contribution in [3.05, 3.63) is 46.4 Å². The third kappa shape index (κ3) is 1.31. The van der Waals surface area contributed by atoms with Gasteiger partial charge >= 0.3 is 0 Å². The zero-order valence-corrected chi connectivity index (χ0v) is 7.82. The number of nitrogens with two attached hydrogens (primary N) is 1. The van der Waals surface area contributed by atoms with Crippen LogP contribution in [0.5, 0.6) is 0 Å². The molecule has 2 aromatic rings. The van der Waals surface area contributed by atoms with Crippen molar-refractivity contribution in [1.82, 2.24) is 9.78 Å². The van der Waals surface area contributed by atoms with Gasteiger partial charge in [-0.2, -0.15) is 0 Å². The third-order valence-corrected chi connectivity index (χ3v) is 2.09. The predicted molar refractivity (Wildman–Crippen MR) is 55.5 cm³/mol. The van der Waals surface area contributed by atoms with Gasteiger partial charge in [0.05, 0.1) is 5.69 Å². The van der Waals surface area contributed by atoms with E-state index in [1.54, 1.807) is 0 Å². The van der Waals surface area contributed by atoms with Crippen molar-refractivity contribution in [2.75, 3.05) is 5.73 Å². The van der Waals surface area contributed by atoms with Gasteiger partial charge in [-0.3, -0.25) is 9.89 Å². The fraction of sp³-hybridized carbons (Fsp3) is 0.100. The van der Waals surface area contributed by atoms with E-state index < -0.39 is 0 Å². The summed E-state index contributed by atoms with van der Waals surface area (Å²) in [5, 5.41) is 2.79. The molecule has 0 radical (unpaired) electrons. The van der Waals surface area contributed by atoms with Crippen molar-refractivity contribution in [2.45, 2.75) is 6.92 Å². The van der Waals surface area contributed by atoms with Crippen molar-refractivity contribution in [1.29, 1.82) is 0 Å². The summed E-state index contributed by atoms with van der Waals surface area (Å²) >= 11 is 0. The van der Waals surface area contributed by atoms with Crippen LogP contribution < -0.4 is 11.3 Å². The molecule has 0 aliphatic heterocycles. The summed E-state index contributed by atoms with van der Waals surface area (Å²) in [4.78, 5) is 11.5. The second kappa shape index (κ2) is 3.06. The molecule has 3 N–H and O–H groups in total. The Kier molecular flexibility index (Phi) is 1.89. The minimum atomic E-state index is -0.214. The number of hydrogen-bond acceptors (Lipinski definition) is 2. The van der Waals surface area contributed by atoms with Crippen LogP contribution in [0.1, 0.15) is 5.56 Å². The maximum Gasteiger partial charge on any atom is 0.294 e. The molecule has 1 aromatic heterocycles. The van der Waals surface area contributed by atoms with Crippen molar-refractivity contribution in [3.63, 3.8) is 0 Å². The Hall–Kier alpha value is -1.97. The zero-order valence-electron chi connectivity index (χ0n) is 7.82. The van der Waals surface area contributed by atoms with E-state index in [9.17, 15) is 4.79 Å². The first-order valence-corrected chi connectivity index (χ1v) is 4.31. The number of nitrogen functional groups attached to an aromatic ring is 1. The van der Waals surface area contributed by atoms with Gasteiger partial charge in [0.15, 0.2) is 0 Å². The predicted octanol–water partition coefficient (Wildman–Crippen LogP) is 1.06. The first kappa shape index (κ1) is 8.62. The molecule has 0 aliphatic carbocycles. The van der Waals surface area contributed by atoms with Gasteiger partial charge in [0, 0.05) is 6.20 Å². The van der Waals surface area contributed by atoms with Crippen LogP contribution in [0, 0.1) is 6.92 Å². The molecule has 0 fully saturated rings. The minimum Gasteiger partial charge on any atom is -0.393 e. The van der Waals surface area contributed by atoms with Gasteiger partial charge in [-0.25, -0.2) is 4.68 Å². The molecule has 4 heteroatoms. The van der Waals surface area contributed by atoms with Crippen molar-refractivity contribution in [3.8, 4) is 5.69 Å². The minimum absolute atomic E-state index is 0.214. The standard InChI is InChI=1S/C10H11N3O/c1-7-2-4-8(5-3-7)13-10(14)9(11)6-12-13/h2-6,12H,11H2,1H3. The lowest BCUT2D eigenvalue weighted by Crippen LogP contribution is -2.16. The van der Waals surface area contributed by atoms with Gasteiger partial charge in [0.25, 0.3) is 5.56 Å². The number of anilines is 1. The first-order chi connectivity index (χ1) is 6.68. The van der Waals surface area contributed by atoms with E-state index in [4.69, 9.17) is 5.73 Å². The highest BCUT2D eigenvalue weighted by molar-refractivity contribution is 5.39. The SMILES string of the molecule is Cc1ccc(-n2[nH]cc(N)c2=O)cc1. The number of benzene rings is 1.